The van der Waals surface area contributed by atoms with Crippen molar-refractivity contribution in [2.24, 2.45) is 0 Å². The number of nitrogens with zero attached hydrogens (tertiary/aromatic N) is 3. The third-order valence-electron chi connectivity index (χ3n) is 1.87. The molecule has 1 N–H and O–H groups in total. The number of benzene rings is 1. The van der Waals surface area contributed by atoms with E-state index in [2.05, 4.69) is 15.5 Å². The average Bonchev–Trinajstić information content (AvgIpc) is 2.71. The molecule has 14 heavy (non-hydrogen) atoms. The average molecular weight is 209 g/mol. The third kappa shape index (κ3) is 1.56. The van der Waals surface area contributed by atoms with Crippen molar-refractivity contribution in [3.63, 3.8) is 0 Å². The summed E-state index contributed by atoms with van der Waals surface area (Å²) in [5, 5.41) is 11.7. The molecular weight excluding hydrogens is 200 g/mol. The number of hydrogen-bond donors (Lipinski definition) is 1. The molecule has 4 nitrogen and oxygen atoms in total. The van der Waals surface area contributed by atoms with E-state index in [1.807, 2.05) is 25.2 Å². The van der Waals surface area contributed by atoms with Gasteiger partial charge in [-0.05, 0) is 18.2 Å². The van der Waals surface area contributed by atoms with Crippen molar-refractivity contribution in [3.8, 4) is 5.69 Å². The maximum Gasteiger partial charge on any atom is 0.106 e. The highest BCUT2D eigenvalue weighted by Gasteiger charge is 2.04. The van der Waals surface area contributed by atoms with Crippen LogP contribution < -0.4 is 5.32 Å². The van der Waals surface area contributed by atoms with Crippen LogP contribution in [0.1, 0.15) is 0 Å². The predicted octanol–water partition coefficient (Wildman–Crippen LogP) is 1.96. The molecule has 0 aliphatic heterocycles. The Labute approximate surface area is 86.5 Å². The molecule has 0 saturated heterocycles. The standard InChI is InChI=1S/C9H9ClN4/c1-11-7-2-3-8(10)9(6-7)14-12-4-5-13-14/h2-6,11H,1H3. The van der Waals surface area contributed by atoms with Gasteiger partial charge in [-0.1, -0.05) is 11.6 Å². The Bertz CT molecular complexity index is 424. The first-order valence-electron chi connectivity index (χ1n) is 4.15. The summed E-state index contributed by atoms with van der Waals surface area (Å²) < 4.78 is 0. The highest BCUT2D eigenvalue weighted by atomic mass is 35.5. The van der Waals surface area contributed by atoms with Gasteiger partial charge in [0.25, 0.3) is 0 Å². The van der Waals surface area contributed by atoms with E-state index >= 15 is 0 Å². The fraction of sp³-hybridized carbons (Fsp3) is 0.111. The number of hydrogen-bond acceptors (Lipinski definition) is 3. The zero-order chi connectivity index (χ0) is 9.97. The number of rotatable bonds is 2. The quantitative estimate of drug-likeness (QED) is 0.821. The fourth-order valence-electron chi connectivity index (χ4n) is 1.16. The van der Waals surface area contributed by atoms with E-state index in [4.69, 9.17) is 11.6 Å². The largest absolute Gasteiger partial charge is 0.388 e. The van der Waals surface area contributed by atoms with Crippen molar-refractivity contribution in [2.75, 3.05) is 12.4 Å². The number of aromatic nitrogens is 3. The lowest BCUT2D eigenvalue weighted by Crippen LogP contribution is -2.00. The van der Waals surface area contributed by atoms with Crippen LogP contribution in [0.25, 0.3) is 5.69 Å². The SMILES string of the molecule is CNc1ccc(Cl)c(-n2nccn2)c1. The van der Waals surface area contributed by atoms with Gasteiger partial charge in [0.1, 0.15) is 5.69 Å². The first kappa shape index (κ1) is 9.02. The second kappa shape index (κ2) is 3.67. The molecule has 1 aromatic carbocycles. The van der Waals surface area contributed by atoms with Gasteiger partial charge < -0.3 is 5.32 Å². The second-order valence-electron chi connectivity index (χ2n) is 2.73. The molecule has 0 fully saturated rings. The van der Waals surface area contributed by atoms with Gasteiger partial charge in [-0.2, -0.15) is 15.0 Å². The second-order valence-corrected chi connectivity index (χ2v) is 3.14. The van der Waals surface area contributed by atoms with Gasteiger partial charge >= 0.3 is 0 Å². The molecular formula is C9H9ClN4. The number of nitrogens with one attached hydrogen (secondary N) is 1. The Morgan fingerprint density at radius 2 is 2.00 bits per heavy atom. The maximum absolute atomic E-state index is 6.02. The lowest BCUT2D eigenvalue weighted by Gasteiger charge is -2.05. The van der Waals surface area contributed by atoms with Crippen LogP contribution in [0.15, 0.2) is 30.6 Å². The van der Waals surface area contributed by atoms with Crippen LogP contribution in [0.4, 0.5) is 5.69 Å². The summed E-state index contributed by atoms with van der Waals surface area (Å²) in [4.78, 5) is 1.49. The van der Waals surface area contributed by atoms with Crippen molar-refractivity contribution in [1.82, 2.24) is 15.0 Å². The molecule has 0 bridgehead atoms. The summed E-state index contributed by atoms with van der Waals surface area (Å²) >= 11 is 6.02. The summed E-state index contributed by atoms with van der Waals surface area (Å²) in [7, 11) is 1.85. The first-order chi connectivity index (χ1) is 6.81. The van der Waals surface area contributed by atoms with Crippen LogP contribution in [0.3, 0.4) is 0 Å². The van der Waals surface area contributed by atoms with Gasteiger partial charge in [0.05, 0.1) is 17.4 Å². The Morgan fingerprint density at radius 1 is 1.29 bits per heavy atom. The van der Waals surface area contributed by atoms with Gasteiger partial charge in [-0.3, -0.25) is 0 Å². The molecule has 0 unspecified atom stereocenters. The van der Waals surface area contributed by atoms with Crippen LogP contribution in [-0.2, 0) is 0 Å². The van der Waals surface area contributed by atoms with Gasteiger partial charge in [0.2, 0.25) is 0 Å². The Hall–Kier alpha value is -1.55. The highest BCUT2D eigenvalue weighted by molar-refractivity contribution is 6.32. The van der Waals surface area contributed by atoms with Crippen molar-refractivity contribution >= 4 is 17.3 Å². The van der Waals surface area contributed by atoms with E-state index in [-0.39, 0.29) is 0 Å². The zero-order valence-electron chi connectivity index (χ0n) is 7.61. The maximum atomic E-state index is 6.02. The van der Waals surface area contributed by atoms with Crippen LogP contribution in [-0.4, -0.2) is 22.0 Å². The van der Waals surface area contributed by atoms with Gasteiger partial charge in [0.15, 0.2) is 0 Å². The molecule has 0 aliphatic carbocycles. The van der Waals surface area contributed by atoms with Crippen molar-refractivity contribution in [1.29, 1.82) is 0 Å². The van der Waals surface area contributed by atoms with Crippen LogP contribution in [0.5, 0.6) is 0 Å². The van der Waals surface area contributed by atoms with Crippen LogP contribution in [0, 0.1) is 0 Å². The number of halogens is 1. The minimum atomic E-state index is 0.625. The lowest BCUT2D eigenvalue weighted by atomic mass is 10.3. The zero-order valence-corrected chi connectivity index (χ0v) is 8.36. The van der Waals surface area contributed by atoms with Crippen molar-refractivity contribution in [2.45, 2.75) is 0 Å². The van der Waals surface area contributed by atoms with Crippen molar-refractivity contribution < 1.29 is 0 Å². The molecule has 0 amide bonds. The molecule has 0 spiro atoms. The van der Waals surface area contributed by atoms with Gasteiger partial charge in [-0.25, -0.2) is 0 Å². The topological polar surface area (TPSA) is 42.7 Å². The van der Waals surface area contributed by atoms with Crippen LogP contribution in [0.2, 0.25) is 5.02 Å². The summed E-state index contributed by atoms with van der Waals surface area (Å²) in [6.07, 6.45) is 3.23. The molecule has 72 valence electrons. The van der Waals surface area contributed by atoms with E-state index in [0.717, 1.165) is 11.4 Å². The minimum Gasteiger partial charge on any atom is -0.388 e. The molecule has 0 aliphatic rings. The minimum absolute atomic E-state index is 0.625. The smallest absolute Gasteiger partial charge is 0.106 e. The van der Waals surface area contributed by atoms with E-state index in [0.29, 0.717) is 5.02 Å². The summed E-state index contributed by atoms with van der Waals surface area (Å²) in [5.74, 6) is 0. The molecule has 0 atom stereocenters. The molecule has 0 saturated carbocycles. The molecule has 1 heterocycles. The molecule has 1 aromatic heterocycles. The van der Waals surface area contributed by atoms with Gasteiger partial charge in [0, 0.05) is 12.7 Å². The summed E-state index contributed by atoms with van der Waals surface area (Å²) in [5.41, 5.74) is 1.74. The third-order valence-corrected chi connectivity index (χ3v) is 2.19. The van der Waals surface area contributed by atoms with Crippen LogP contribution >= 0.6 is 11.6 Å². The van der Waals surface area contributed by atoms with E-state index < -0.39 is 0 Å². The fourth-order valence-corrected chi connectivity index (χ4v) is 1.35. The normalized spacial score (nSPS) is 10.1. The molecule has 0 radical (unpaired) electrons. The monoisotopic (exact) mass is 208 g/mol. The summed E-state index contributed by atoms with van der Waals surface area (Å²) in [6, 6.07) is 5.60. The Kier molecular flexibility index (Phi) is 2.37. The predicted molar refractivity (Wildman–Crippen MR) is 55.9 cm³/mol. The highest BCUT2D eigenvalue weighted by Crippen LogP contribution is 2.22. The molecule has 2 rings (SSSR count). The van der Waals surface area contributed by atoms with Gasteiger partial charge in [-0.15, -0.1) is 0 Å². The molecule has 5 heteroatoms. The van der Waals surface area contributed by atoms with E-state index in [9.17, 15) is 0 Å². The van der Waals surface area contributed by atoms with E-state index in [1.165, 1.54) is 4.80 Å². The van der Waals surface area contributed by atoms with E-state index in [1.54, 1.807) is 12.4 Å². The Balaban J connectivity index is 2.51. The number of anilines is 1. The van der Waals surface area contributed by atoms with Crippen molar-refractivity contribution in [3.05, 3.63) is 35.6 Å². The first-order valence-corrected chi connectivity index (χ1v) is 4.53. The summed E-state index contributed by atoms with van der Waals surface area (Å²) in [6.45, 7) is 0. The lowest BCUT2D eigenvalue weighted by molar-refractivity contribution is 0.752. The Morgan fingerprint density at radius 3 is 2.64 bits per heavy atom. The molecule has 2 aromatic rings.